The minimum Gasteiger partial charge on any atom is -0.511 e. The number of hydrogen-bond acceptors (Lipinski definition) is 13. The molecule has 9 rings (SSSR count). The van der Waals surface area contributed by atoms with E-state index in [9.17, 15) is 35.4 Å². The Kier molecular flexibility index (Phi) is 11.5. The summed E-state index contributed by atoms with van der Waals surface area (Å²) in [7, 11) is 3.22. The van der Waals surface area contributed by atoms with Gasteiger partial charge in [-0.2, -0.15) is 0 Å². The van der Waals surface area contributed by atoms with Crippen molar-refractivity contribution in [2.75, 3.05) is 25.5 Å². The quantitative estimate of drug-likeness (QED) is 0.192. The molecular formula is C39H59N2O10S2+. The molecule has 0 aromatic rings. The lowest BCUT2D eigenvalue weighted by Gasteiger charge is -2.53. The summed E-state index contributed by atoms with van der Waals surface area (Å²) in [5, 5.41) is 73.6. The number of nitrogens with one attached hydrogen (secondary N) is 1. The van der Waals surface area contributed by atoms with Crippen molar-refractivity contribution in [3.8, 4) is 0 Å². The molecule has 0 radical (unpaired) electrons. The monoisotopic (exact) mass is 779 g/mol. The first-order valence-corrected chi connectivity index (χ1v) is 22.6. The largest absolute Gasteiger partial charge is 0.511 e. The Bertz CT molecular complexity index is 1450. The lowest BCUT2D eigenvalue weighted by atomic mass is 9.52. The van der Waals surface area contributed by atoms with Gasteiger partial charge in [-0.25, -0.2) is 0 Å². The molecule has 4 aliphatic carbocycles. The van der Waals surface area contributed by atoms with Gasteiger partial charge in [0.1, 0.15) is 47.0 Å². The van der Waals surface area contributed by atoms with Gasteiger partial charge in [0.15, 0.2) is 12.1 Å². The number of hydrogen-bond donors (Lipinski definition) is 8. The maximum atomic E-state index is 15.3. The first-order chi connectivity index (χ1) is 25.6. The highest BCUT2D eigenvalue weighted by Crippen LogP contribution is 2.57. The smallest absolute Gasteiger partial charge is 0.187 e. The summed E-state index contributed by atoms with van der Waals surface area (Å²) in [6, 6.07) is 0. The third-order valence-electron chi connectivity index (χ3n) is 14.6. The van der Waals surface area contributed by atoms with E-state index in [0.29, 0.717) is 43.9 Å². The van der Waals surface area contributed by atoms with Crippen LogP contribution in [0, 0.1) is 46.8 Å². The molecule has 3 saturated carbocycles. The topological polar surface area (TPSA) is 203 Å². The van der Waals surface area contributed by atoms with E-state index in [1.807, 2.05) is 6.08 Å². The molecule has 16 atom stereocenters. The van der Waals surface area contributed by atoms with Gasteiger partial charge in [-0.1, -0.05) is 46.9 Å². The third-order valence-corrected chi connectivity index (χ3v) is 17.4. The van der Waals surface area contributed by atoms with Gasteiger partial charge < -0.3 is 45.4 Å². The molecule has 5 heterocycles. The second-order valence-corrected chi connectivity index (χ2v) is 20.1. The zero-order valence-electron chi connectivity index (χ0n) is 30.5. The number of piperidine rings is 2. The van der Waals surface area contributed by atoms with Crippen LogP contribution >= 0.6 is 21.6 Å². The number of Topliss-reactive ketones (excluding diaryl/α,β-unsaturated/α-hetero) is 2. The molecular weight excluding hydrogens is 721 g/mol. The Hall–Kier alpha value is -1.04. The predicted octanol–water partition coefficient (Wildman–Crippen LogP) is 1.69. The van der Waals surface area contributed by atoms with Crippen molar-refractivity contribution in [3.63, 3.8) is 0 Å². The van der Waals surface area contributed by atoms with E-state index >= 15 is 4.79 Å². The Morgan fingerprint density at radius 2 is 1.75 bits per heavy atom. The number of rotatable bonds is 4. The minimum atomic E-state index is -2.02. The first kappa shape index (κ1) is 38.8. The highest BCUT2D eigenvalue weighted by Gasteiger charge is 2.65. The summed E-state index contributed by atoms with van der Waals surface area (Å²) in [5.41, 5.74) is -2.64. The fourth-order valence-corrected chi connectivity index (χ4v) is 14.7. The van der Waals surface area contributed by atoms with Crippen LogP contribution in [0.4, 0.5) is 0 Å². The van der Waals surface area contributed by atoms with Crippen molar-refractivity contribution >= 4 is 33.2 Å². The molecule has 14 heteroatoms. The highest BCUT2D eigenvalue weighted by molar-refractivity contribution is 8.76. The van der Waals surface area contributed by atoms with Gasteiger partial charge in [0.05, 0.1) is 36.5 Å². The van der Waals surface area contributed by atoms with Gasteiger partial charge in [-0.05, 0) is 93.6 Å². The Morgan fingerprint density at radius 1 is 0.943 bits per heavy atom. The van der Waals surface area contributed by atoms with E-state index in [2.05, 4.69) is 10.6 Å². The highest BCUT2D eigenvalue weighted by atomic mass is 33.1. The summed E-state index contributed by atoms with van der Waals surface area (Å²) in [6.07, 6.45) is 6.73. The summed E-state index contributed by atoms with van der Waals surface area (Å²) >= 11 is 0. The molecule has 0 aromatic carbocycles. The molecule has 9 aliphatic rings. The van der Waals surface area contributed by atoms with E-state index in [1.165, 1.54) is 0 Å². The molecule has 0 amide bonds. The summed E-state index contributed by atoms with van der Waals surface area (Å²) < 4.78 is 12.4. The van der Waals surface area contributed by atoms with Gasteiger partial charge in [-0.15, -0.1) is 0 Å². The number of carbonyl (C=O) groups is 2. The molecule has 296 valence electrons. The van der Waals surface area contributed by atoms with E-state index in [-0.39, 0.29) is 59.5 Å². The molecule has 12 nitrogen and oxygen atoms in total. The molecule has 8 fully saturated rings. The fraction of sp³-hybridized carbons (Fsp3) is 0.846. The molecule has 0 aromatic heterocycles. The van der Waals surface area contributed by atoms with E-state index < -0.39 is 66.1 Å². The minimum absolute atomic E-state index is 0.0786. The lowest BCUT2D eigenvalue weighted by molar-refractivity contribution is -0.715. The Morgan fingerprint density at radius 3 is 2.57 bits per heavy atom. The summed E-state index contributed by atoms with van der Waals surface area (Å²) in [6.45, 7) is 0.463. The van der Waals surface area contributed by atoms with Crippen LogP contribution in [-0.4, -0.2) is 116 Å². The number of allylic oxidation sites excluding steroid dienone is 4. The average Bonchev–Trinajstić information content (AvgIpc) is 3.16. The standard InChI is InChI=1S/C39H58N2O10S2/c42-17-21-4-1-3-20(13-21)14-22-15-26-32(45)25-5-2-6-27-31(25)34(47)38(26,29(44)16-22)19-52-53-30-8-7-24-23(10-12-40-36(24)41-30)9-11-39(49)33(46)28(18-43)51-37(50-27)35(39)48/h15-16,20-21,23-28,30-31,33,35-37,40-44,46,48-49H,1-14,17-19H2/p+1. The number of ketones is 2. The Balaban J connectivity index is 1.15. The van der Waals surface area contributed by atoms with Crippen molar-refractivity contribution in [1.82, 2.24) is 5.32 Å². The van der Waals surface area contributed by atoms with Crippen LogP contribution in [0.15, 0.2) is 23.5 Å². The van der Waals surface area contributed by atoms with Crippen LogP contribution < -0.4 is 10.6 Å². The fourth-order valence-electron chi connectivity index (χ4n) is 11.7. The van der Waals surface area contributed by atoms with E-state index in [0.717, 1.165) is 57.1 Å². The van der Waals surface area contributed by atoms with Gasteiger partial charge in [0.25, 0.3) is 0 Å². The van der Waals surface area contributed by atoms with Gasteiger partial charge in [0.2, 0.25) is 0 Å². The molecule has 16 unspecified atom stereocenters. The summed E-state index contributed by atoms with van der Waals surface area (Å²) in [4.78, 5) is 30.1. The van der Waals surface area contributed by atoms with Crippen molar-refractivity contribution in [2.45, 2.75) is 131 Å². The molecule has 53 heavy (non-hydrogen) atoms. The SMILES string of the molecule is O=C1C2CCCC3OC4OC(CO)C(O)C(O)(CCC5CC[NH2+]C6NC(CCC56)SSCC5(C(=O)C32)C(O)=CC(CC2CCCC(CO)C2)=CC15)C4O. The number of nitrogens with two attached hydrogens (primary N) is 1. The van der Waals surface area contributed by atoms with Gasteiger partial charge in [-0.3, -0.25) is 14.9 Å². The van der Waals surface area contributed by atoms with Crippen LogP contribution in [0.1, 0.15) is 83.5 Å². The molecule has 1 spiro atoms. The summed E-state index contributed by atoms with van der Waals surface area (Å²) in [5.74, 6) is -1.38. The van der Waals surface area contributed by atoms with Gasteiger partial charge >= 0.3 is 0 Å². The number of carbonyl (C=O) groups excluding carboxylic acids is 2. The zero-order chi connectivity index (χ0) is 37.1. The average molecular weight is 780 g/mol. The van der Waals surface area contributed by atoms with Crippen LogP contribution in [0.2, 0.25) is 0 Å². The van der Waals surface area contributed by atoms with Crippen LogP contribution in [0.25, 0.3) is 0 Å². The first-order valence-electron chi connectivity index (χ1n) is 20.3. The van der Waals surface area contributed by atoms with Gasteiger partial charge in [0, 0.05) is 24.2 Å². The van der Waals surface area contributed by atoms with Crippen molar-refractivity contribution < 1.29 is 55.0 Å². The number of fused-ring (bicyclic) bond motifs is 4. The maximum Gasteiger partial charge on any atom is 0.187 e. The molecule has 5 aliphatic heterocycles. The van der Waals surface area contributed by atoms with Crippen LogP contribution in [-0.2, 0) is 19.1 Å². The number of ether oxygens (including phenoxy) is 2. The van der Waals surface area contributed by atoms with Crippen molar-refractivity contribution in [3.05, 3.63) is 23.5 Å². The van der Waals surface area contributed by atoms with Crippen molar-refractivity contribution in [1.29, 1.82) is 0 Å². The molecule has 9 N–H and O–H groups in total. The normalized spacial score (nSPS) is 49.2. The molecule has 5 saturated heterocycles. The zero-order valence-corrected chi connectivity index (χ0v) is 32.1. The van der Waals surface area contributed by atoms with E-state index in [1.54, 1.807) is 27.7 Å². The second-order valence-electron chi connectivity index (χ2n) is 17.5. The van der Waals surface area contributed by atoms with Crippen LogP contribution in [0.5, 0.6) is 0 Å². The number of aliphatic hydroxyl groups excluding tert-OH is 5. The second kappa shape index (κ2) is 15.7. The Labute approximate surface area is 319 Å². The van der Waals surface area contributed by atoms with Crippen LogP contribution in [0.3, 0.4) is 0 Å². The van der Waals surface area contributed by atoms with E-state index in [4.69, 9.17) is 9.47 Å². The number of quaternary nitrogens is 1. The maximum absolute atomic E-state index is 15.3. The van der Waals surface area contributed by atoms with Crippen molar-refractivity contribution in [2.24, 2.45) is 46.8 Å². The third kappa shape index (κ3) is 6.91. The predicted molar refractivity (Wildman–Crippen MR) is 198 cm³/mol. The lowest BCUT2D eigenvalue weighted by Crippen LogP contribution is -2.98. The number of aliphatic hydroxyl groups is 6. The molecule has 8 bridgehead atoms.